The van der Waals surface area contributed by atoms with Crippen molar-refractivity contribution in [3.63, 3.8) is 0 Å². The number of nitrogens with zero attached hydrogens (tertiary/aromatic N) is 2. The second-order valence-corrected chi connectivity index (χ2v) is 5.03. The monoisotopic (exact) mass is 279 g/mol. The van der Waals surface area contributed by atoms with Crippen LogP contribution in [-0.4, -0.2) is 37.1 Å². The molecule has 0 unspecified atom stereocenters. The van der Waals surface area contributed by atoms with Crippen LogP contribution in [0.1, 0.15) is 25.5 Å². The van der Waals surface area contributed by atoms with Gasteiger partial charge in [0.05, 0.1) is 24.9 Å². The molecule has 0 saturated carbocycles. The molecule has 1 aromatic rings. The summed E-state index contributed by atoms with van der Waals surface area (Å²) in [7, 11) is 1.62. The van der Waals surface area contributed by atoms with Gasteiger partial charge in [0.2, 0.25) is 5.88 Å². The lowest BCUT2D eigenvalue weighted by molar-refractivity contribution is 0.0750. The highest BCUT2D eigenvalue weighted by Gasteiger charge is 2.22. The van der Waals surface area contributed by atoms with Gasteiger partial charge < -0.3 is 19.9 Å². The predicted octanol–water partition coefficient (Wildman–Crippen LogP) is 1.53. The second-order valence-electron chi connectivity index (χ2n) is 5.03. The van der Waals surface area contributed by atoms with E-state index in [0.717, 1.165) is 19.4 Å². The van der Waals surface area contributed by atoms with Gasteiger partial charge >= 0.3 is 0 Å². The van der Waals surface area contributed by atoms with E-state index in [0.29, 0.717) is 30.4 Å². The van der Waals surface area contributed by atoms with Gasteiger partial charge in [-0.05, 0) is 19.8 Å². The van der Waals surface area contributed by atoms with Crippen molar-refractivity contribution in [2.45, 2.75) is 38.5 Å². The number of anilines is 1. The maximum Gasteiger partial charge on any atom is 0.218 e. The smallest absolute Gasteiger partial charge is 0.218 e. The van der Waals surface area contributed by atoms with Crippen molar-refractivity contribution in [3.8, 4) is 11.9 Å². The molecule has 1 aliphatic rings. The Balaban J connectivity index is 2.20. The molecule has 0 aliphatic carbocycles. The number of hydrogen-bond acceptors (Lipinski definition) is 5. The average Bonchev–Trinajstić information content (AvgIpc) is 3.02. The number of aromatic nitrogens is 1. The van der Waals surface area contributed by atoms with Gasteiger partial charge in [-0.25, -0.2) is 0 Å². The third-order valence-electron chi connectivity index (χ3n) is 3.31. The molecule has 1 aliphatic heterocycles. The molecular weight excluding hydrogens is 258 g/mol. The molecule has 2 N–H and O–H groups in total. The Kier molecular flexibility index (Phi) is 4.88. The Morgan fingerprint density at radius 1 is 1.65 bits per heavy atom. The standard InChI is InChI=1S/C14H21N3O3/c1-10(9-18-2)20-14-13(16)6-11(7-15)17(14)8-12-4-3-5-19-12/h6,10,12H,3-5,8-9,16H2,1-2H3/t10-,12+/m0/s1. The normalized spacial score (nSPS) is 19.8. The Bertz CT molecular complexity index is 487. The van der Waals surface area contributed by atoms with Crippen LogP contribution in [0.25, 0.3) is 0 Å². The van der Waals surface area contributed by atoms with Crippen molar-refractivity contribution in [2.75, 3.05) is 26.1 Å². The number of hydrogen-bond donors (Lipinski definition) is 1. The fraction of sp³-hybridized carbons (Fsp3) is 0.643. The van der Waals surface area contributed by atoms with E-state index in [-0.39, 0.29) is 12.2 Å². The summed E-state index contributed by atoms with van der Waals surface area (Å²) < 4.78 is 18.3. The molecule has 2 rings (SSSR count). The highest BCUT2D eigenvalue weighted by Crippen LogP contribution is 2.29. The van der Waals surface area contributed by atoms with Gasteiger partial charge in [0.25, 0.3) is 0 Å². The van der Waals surface area contributed by atoms with Crippen molar-refractivity contribution < 1.29 is 14.2 Å². The molecular formula is C14H21N3O3. The summed E-state index contributed by atoms with van der Waals surface area (Å²) in [5, 5.41) is 9.22. The molecule has 1 fully saturated rings. The Labute approximate surface area is 119 Å². The minimum absolute atomic E-state index is 0.119. The summed E-state index contributed by atoms with van der Waals surface area (Å²) in [6.07, 6.45) is 2.04. The molecule has 110 valence electrons. The van der Waals surface area contributed by atoms with Crippen LogP contribution >= 0.6 is 0 Å². The molecule has 2 heterocycles. The van der Waals surface area contributed by atoms with Crippen molar-refractivity contribution in [1.82, 2.24) is 4.57 Å². The molecule has 0 spiro atoms. The van der Waals surface area contributed by atoms with Crippen molar-refractivity contribution in [1.29, 1.82) is 5.26 Å². The number of nitrogens with two attached hydrogens (primary N) is 1. The molecule has 0 bridgehead atoms. The quantitative estimate of drug-likeness (QED) is 0.854. The first-order chi connectivity index (χ1) is 9.65. The number of ether oxygens (including phenoxy) is 3. The van der Waals surface area contributed by atoms with Crippen LogP contribution in [0, 0.1) is 11.3 Å². The van der Waals surface area contributed by atoms with Crippen LogP contribution in [0.5, 0.6) is 5.88 Å². The lowest BCUT2D eigenvalue weighted by Crippen LogP contribution is -2.23. The van der Waals surface area contributed by atoms with E-state index in [1.54, 1.807) is 17.7 Å². The molecule has 0 aromatic carbocycles. The highest BCUT2D eigenvalue weighted by atomic mass is 16.5. The molecule has 2 atom stereocenters. The Morgan fingerprint density at radius 2 is 2.45 bits per heavy atom. The van der Waals surface area contributed by atoms with E-state index < -0.39 is 0 Å². The fourth-order valence-electron chi connectivity index (χ4n) is 2.41. The number of nitrogen functional groups attached to an aromatic ring is 1. The summed E-state index contributed by atoms with van der Waals surface area (Å²) in [6, 6.07) is 3.79. The van der Waals surface area contributed by atoms with Gasteiger partial charge in [-0.15, -0.1) is 0 Å². The number of nitriles is 1. The van der Waals surface area contributed by atoms with Gasteiger partial charge in [0, 0.05) is 19.8 Å². The van der Waals surface area contributed by atoms with Gasteiger partial charge in [-0.2, -0.15) is 5.26 Å². The molecule has 0 amide bonds. The zero-order valence-electron chi connectivity index (χ0n) is 12.0. The highest BCUT2D eigenvalue weighted by molar-refractivity contribution is 5.55. The third-order valence-corrected chi connectivity index (χ3v) is 3.31. The van der Waals surface area contributed by atoms with E-state index in [1.807, 2.05) is 6.92 Å². The molecule has 20 heavy (non-hydrogen) atoms. The van der Waals surface area contributed by atoms with E-state index >= 15 is 0 Å². The van der Waals surface area contributed by atoms with E-state index in [9.17, 15) is 5.26 Å². The van der Waals surface area contributed by atoms with E-state index in [1.165, 1.54) is 0 Å². The van der Waals surface area contributed by atoms with E-state index in [2.05, 4.69) is 6.07 Å². The predicted molar refractivity (Wildman–Crippen MR) is 74.5 cm³/mol. The minimum atomic E-state index is -0.132. The van der Waals surface area contributed by atoms with Crippen molar-refractivity contribution in [2.24, 2.45) is 0 Å². The summed E-state index contributed by atoms with van der Waals surface area (Å²) in [5.74, 6) is 0.529. The van der Waals surface area contributed by atoms with Gasteiger partial charge in [0.1, 0.15) is 17.9 Å². The zero-order valence-corrected chi connectivity index (χ0v) is 12.0. The third kappa shape index (κ3) is 3.24. The van der Waals surface area contributed by atoms with Crippen LogP contribution in [0.3, 0.4) is 0 Å². The SMILES string of the molecule is COC[C@H](C)Oc1c(N)cc(C#N)n1C[C@H]1CCCO1. The van der Waals surface area contributed by atoms with Crippen LogP contribution in [0.4, 0.5) is 5.69 Å². The van der Waals surface area contributed by atoms with Crippen LogP contribution in [-0.2, 0) is 16.0 Å². The summed E-state index contributed by atoms with van der Waals surface area (Å²) in [6.45, 7) is 3.74. The second kappa shape index (κ2) is 6.64. The van der Waals surface area contributed by atoms with Gasteiger partial charge in [-0.3, -0.25) is 4.57 Å². The van der Waals surface area contributed by atoms with Gasteiger partial charge in [0.15, 0.2) is 0 Å². The maximum absolute atomic E-state index is 9.22. The zero-order chi connectivity index (χ0) is 14.5. The largest absolute Gasteiger partial charge is 0.472 e. The number of methoxy groups -OCH3 is 1. The minimum Gasteiger partial charge on any atom is -0.472 e. The summed E-state index contributed by atoms with van der Waals surface area (Å²) in [5.41, 5.74) is 6.93. The van der Waals surface area contributed by atoms with Crippen molar-refractivity contribution >= 4 is 5.69 Å². The first-order valence-electron chi connectivity index (χ1n) is 6.82. The van der Waals surface area contributed by atoms with Crippen LogP contribution < -0.4 is 10.5 Å². The Morgan fingerprint density at radius 3 is 3.05 bits per heavy atom. The topological polar surface area (TPSA) is 82.4 Å². The van der Waals surface area contributed by atoms with Crippen LogP contribution in [0.2, 0.25) is 0 Å². The lowest BCUT2D eigenvalue weighted by atomic mass is 10.2. The summed E-state index contributed by atoms with van der Waals surface area (Å²) in [4.78, 5) is 0. The van der Waals surface area contributed by atoms with Gasteiger partial charge in [-0.1, -0.05) is 0 Å². The van der Waals surface area contributed by atoms with Crippen molar-refractivity contribution in [3.05, 3.63) is 11.8 Å². The molecule has 6 nitrogen and oxygen atoms in total. The molecule has 1 saturated heterocycles. The maximum atomic E-state index is 9.22. The summed E-state index contributed by atoms with van der Waals surface area (Å²) >= 11 is 0. The number of rotatable bonds is 6. The average molecular weight is 279 g/mol. The first-order valence-corrected chi connectivity index (χ1v) is 6.82. The molecule has 6 heteroatoms. The lowest BCUT2D eigenvalue weighted by Gasteiger charge is -2.19. The first kappa shape index (κ1) is 14.7. The molecule has 1 aromatic heterocycles. The van der Waals surface area contributed by atoms with Crippen LogP contribution in [0.15, 0.2) is 6.07 Å². The Hall–Kier alpha value is -1.71. The van der Waals surface area contributed by atoms with E-state index in [4.69, 9.17) is 19.9 Å². The molecule has 0 radical (unpaired) electrons. The fourth-order valence-corrected chi connectivity index (χ4v) is 2.41.